The number of likely N-dealkylation sites (tertiary alicyclic amines) is 1. The van der Waals surface area contributed by atoms with Crippen molar-refractivity contribution in [1.82, 2.24) is 10.2 Å². The van der Waals surface area contributed by atoms with Crippen LogP contribution >= 0.6 is 0 Å². The first-order chi connectivity index (χ1) is 10.1. The molecule has 0 aromatic heterocycles. The normalized spacial score (nSPS) is 39.8. The van der Waals surface area contributed by atoms with Crippen molar-refractivity contribution in [2.75, 3.05) is 19.6 Å². The van der Waals surface area contributed by atoms with Crippen LogP contribution in [0.3, 0.4) is 0 Å². The van der Waals surface area contributed by atoms with Crippen molar-refractivity contribution in [3.05, 3.63) is 0 Å². The van der Waals surface area contributed by atoms with Gasteiger partial charge in [0.25, 0.3) is 0 Å². The van der Waals surface area contributed by atoms with Gasteiger partial charge in [-0.2, -0.15) is 5.26 Å². The lowest BCUT2D eigenvalue weighted by atomic mass is 9.85. The summed E-state index contributed by atoms with van der Waals surface area (Å²) in [5.41, 5.74) is -0.246. The van der Waals surface area contributed by atoms with Crippen LogP contribution in [0.1, 0.15) is 58.8 Å². The van der Waals surface area contributed by atoms with Gasteiger partial charge in [0.05, 0.1) is 6.07 Å². The van der Waals surface area contributed by atoms with Gasteiger partial charge < -0.3 is 4.90 Å². The monoisotopic (exact) mass is 289 g/mol. The Labute approximate surface area is 130 Å². The molecule has 0 bridgehead atoms. The van der Waals surface area contributed by atoms with Gasteiger partial charge in [0, 0.05) is 19.1 Å². The Bertz CT molecular complexity index is 388. The molecule has 3 nitrogen and oxygen atoms in total. The zero-order chi connectivity index (χ0) is 14.9. The van der Waals surface area contributed by atoms with E-state index in [0.29, 0.717) is 12.0 Å². The maximum Gasteiger partial charge on any atom is 0.109 e. The topological polar surface area (TPSA) is 39.1 Å². The molecule has 2 saturated carbocycles. The summed E-state index contributed by atoms with van der Waals surface area (Å²) in [4.78, 5) is 2.68. The van der Waals surface area contributed by atoms with Gasteiger partial charge in [-0.25, -0.2) is 0 Å². The second-order valence-corrected chi connectivity index (χ2v) is 7.97. The second-order valence-electron chi connectivity index (χ2n) is 7.97. The van der Waals surface area contributed by atoms with Crippen molar-refractivity contribution in [3.8, 4) is 6.07 Å². The van der Waals surface area contributed by atoms with Crippen molar-refractivity contribution < 1.29 is 0 Å². The van der Waals surface area contributed by atoms with E-state index < -0.39 is 0 Å². The first-order valence-electron chi connectivity index (χ1n) is 9.04. The number of nitriles is 1. The van der Waals surface area contributed by atoms with Crippen molar-refractivity contribution in [1.29, 1.82) is 5.26 Å². The lowest BCUT2D eigenvalue weighted by molar-refractivity contribution is 0.232. The van der Waals surface area contributed by atoms with E-state index in [2.05, 4.69) is 30.1 Å². The minimum atomic E-state index is -0.246. The van der Waals surface area contributed by atoms with Gasteiger partial charge in [-0.15, -0.1) is 0 Å². The molecular weight excluding hydrogens is 258 g/mol. The standard InChI is InChI=1S/C18H31N3/c1-14(2)20-18(13-19)9-4-7-17(18)8-10-21-11-15-5-3-6-16(15)12-21/h14-17,20H,3-12H2,1-2H3. The Morgan fingerprint density at radius 3 is 2.52 bits per heavy atom. The Morgan fingerprint density at radius 1 is 1.19 bits per heavy atom. The highest BCUT2D eigenvalue weighted by Gasteiger charge is 2.44. The molecule has 0 aromatic carbocycles. The third-order valence-corrected chi connectivity index (χ3v) is 6.16. The number of nitrogens with one attached hydrogen (secondary N) is 1. The first kappa shape index (κ1) is 15.3. The van der Waals surface area contributed by atoms with E-state index in [4.69, 9.17) is 0 Å². The van der Waals surface area contributed by atoms with Crippen LogP contribution in [0.4, 0.5) is 0 Å². The van der Waals surface area contributed by atoms with Gasteiger partial charge >= 0.3 is 0 Å². The molecule has 3 heteroatoms. The van der Waals surface area contributed by atoms with Crippen LogP contribution in [0, 0.1) is 29.1 Å². The average molecular weight is 289 g/mol. The molecule has 3 fully saturated rings. The van der Waals surface area contributed by atoms with E-state index in [1.165, 1.54) is 58.2 Å². The minimum Gasteiger partial charge on any atom is -0.303 e. The van der Waals surface area contributed by atoms with Crippen LogP contribution in [0.15, 0.2) is 0 Å². The largest absolute Gasteiger partial charge is 0.303 e. The van der Waals surface area contributed by atoms with E-state index in [1.54, 1.807) is 0 Å². The van der Waals surface area contributed by atoms with E-state index in [-0.39, 0.29) is 5.54 Å². The fraction of sp³-hybridized carbons (Fsp3) is 0.944. The summed E-state index contributed by atoms with van der Waals surface area (Å²) in [7, 11) is 0. The first-order valence-corrected chi connectivity index (χ1v) is 9.04. The van der Waals surface area contributed by atoms with Crippen molar-refractivity contribution in [3.63, 3.8) is 0 Å². The summed E-state index contributed by atoms with van der Waals surface area (Å²) in [5, 5.41) is 13.3. The Hall–Kier alpha value is -0.590. The molecule has 118 valence electrons. The molecule has 1 heterocycles. The molecule has 0 amide bonds. The van der Waals surface area contributed by atoms with Crippen LogP contribution in [-0.2, 0) is 0 Å². The predicted octanol–water partition coefficient (Wildman–Crippen LogP) is 3.17. The third-order valence-electron chi connectivity index (χ3n) is 6.16. The Balaban J connectivity index is 1.53. The van der Waals surface area contributed by atoms with Crippen LogP contribution < -0.4 is 5.32 Å². The molecule has 3 rings (SSSR count). The molecule has 1 N–H and O–H groups in total. The summed E-state index contributed by atoms with van der Waals surface area (Å²) in [6, 6.07) is 3.04. The molecule has 4 unspecified atom stereocenters. The fourth-order valence-corrected chi connectivity index (χ4v) is 5.21. The molecule has 1 saturated heterocycles. The third kappa shape index (κ3) is 3.12. The minimum absolute atomic E-state index is 0.246. The van der Waals surface area contributed by atoms with Crippen LogP contribution in [0.2, 0.25) is 0 Å². The predicted molar refractivity (Wildman–Crippen MR) is 85.8 cm³/mol. The SMILES string of the molecule is CC(C)NC1(C#N)CCCC1CCN1CC2CCCC2C1. The summed E-state index contributed by atoms with van der Waals surface area (Å²) in [6.45, 7) is 8.19. The lowest BCUT2D eigenvalue weighted by Crippen LogP contribution is -2.50. The van der Waals surface area contributed by atoms with Crippen molar-refractivity contribution in [2.45, 2.75) is 70.4 Å². The van der Waals surface area contributed by atoms with Gasteiger partial charge in [-0.3, -0.25) is 5.32 Å². The molecule has 0 radical (unpaired) electrons. The summed E-state index contributed by atoms with van der Waals surface area (Å²) in [6.07, 6.45) is 9.06. The summed E-state index contributed by atoms with van der Waals surface area (Å²) >= 11 is 0. The van der Waals surface area contributed by atoms with E-state index >= 15 is 0 Å². The van der Waals surface area contributed by atoms with Gasteiger partial charge in [0.1, 0.15) is 5.54 Å². The number of fused-ring (bicyclic) bond motifs is 1. The molecule has 21 heavy (non-hydrogen) atoms. The molecular formula is C18H31N3. The smallest absolute Gasteiger partial charge is 0.109 e. The van der Waals surface area contributed by atoms with Crippen molar-refractivity contribution in [2.24, 2.45) is 17.8 Å². The van der Waals surface area contributed by atoms with E-state index in [1.807, 2.05) is 0 Å². The fourth-order valence-electron chi connectivity index (χ4n) is 5.21. The lowest BCUT2D eigenvalue weighted by Gasteiger charge is -2.33. The summed E-state index contributed by atoms with van der Waals surface area (Å²) in [5.74, 6) is 2.52. The van der Waals surface area contributed by atoms with E-state index in [0.717, 1.165) is 18.3 Å². The average Bonchev–Trinajstić information content (AvgIpc) is 3.10. The zero-order valence-corrected chi connectivity index (χ0v) is 13.8. The zero-order valence-electron chi connectivity index (χ0n) is 13.8. The Morgan fingerprint density at radius 2 is 1.90 bits per heavy atom. The Kier molecular flexibility index (Phi) is 4.57. The maximum absolute atomic E-state index is 9.73. The van der Waals surface area contributed by atoms with Crippen LogP contribution in [0.5, 0.6) is 0 Å². The van der Waals surface area contributed by atoms with Gasteiger partial charge in [0.15, 0.2) is 0 Å². The molecule has 0 aromatic rings. The molecule has 1 aliphatic heterocycles. The molecule has 3 aliphatic rings. The number of hydrogen-bond donors (Lipinski definition) is 1. The highest BCUT2D eigenvalue weighted by atomic mass is 15.2. The number of nitrogens with zero attached hydrogens (tertiary/aromatic N) is 2. The highest BCUT2D eigenvalue weighted by molar-refractivity contribution is 5.14. The van der Waals surface area contributed by atoms with Crippen LogP contribution in [-0.4, -0.2) is 36.1 Å². The maximum atomic E-state index is 9.73. The second kappa shape index (κ2) is 6.26. The van der Waals surface area contributed by atoms with Crippen molar-refractivity contribution >= 4 is 0 Å². The molecule has 4 atom stereocenters. The number of hydrogen-bond acceptors (Lipinski definition) is 3. The quantitative estimate of drug-likeness (QED) is 0.845. The number of rotatable bonds is 5. The van der Waals surface area contributed by atoms with Gasteiger partial charge in [-0.1, -0.05) is 12.8 Å². The molecule has 0 spiro atoms. The summed E-state index contributed by atoms with van der Waals surface area (Å²) < 4.78 is 0. The molecule has 2 aliphatic carbocycles. The highest BCUT2D eigenvalue weighted by Crippen LogP contribution is 2.40. The van der Waals surface area contributed by atoms with E-state index in [9.17, 15) is 5.26 Å². The van der Waals surface area contributed by atoms with Gasteiger partial charge in [-0.05, 0) is 70.3 Å². The van der Waals surface area contributed by atoms with Gasteiger partial charge in [0.2, 0.25) is 0 Å². The van der Waals surface area contributed by atoms with Crippen LogP contribution in [0.25, 0.3) is 0 Å².